The molecule has 2 amide bonds. The van der Waals surface area contributed by atoms with Crippen LogP contribution in [-0.2, 0) is 14.2 Å². The quantitative estimate of drug-likeness (QED) is 0.549. The number of aromatic nitrogens is 2. The summed E-state index contributed by atoms with van der Waals surface area (Å²) in [5, 5.41) is 18.4. The lowest BCUT2D eigenvalue weighted by Gasteiger charge is -2.41. The zero-order chi connectivity index (χ0) is 29.1. The molecule has 1 aromatic heterocycles. The van der Waals surface area contributed by atoms with Crippen LogP contribution in [-0.4, -0.2) is 100 Å². The molecule has 5 rings (SSSR count). The number of rotatable bonds is 5. The van der Waals surface area contributed by atoms with Crippen LogP contribution in [0.2, 0.25) is 0 Å². The zero-order valence-electron chi connectivity index (χ0n) is 24.0. The van der Waals surface area contributed by atoms with Gasteiger partial charge in [-0.3, -0.25) is 0 Å². The Morgan fingerprint density at radius 3 is 2.22 bits per heavy atom. The summed E-state index contributed by atoms with van der Waals surface area (Å²) in [6.07, 6.45) is 2.37. The lowest BCUT2D eigenvalue weighted by molar-refractivity contribution is -0.120. The van der Waals surface area contributed by atoms with Crippen molar-refractivity contribution in [3.05, 3.63) is 30.3 Å². The van der Waals surface area contributed by atoms with Gasteiger partial charge in [0.2, 0.25) is 0 Å². The molecular weight excluding hydrogens is 528 g/mol. The minimum atomic E-state index is -0.500. The molecular formula is C29H40N6O6. The molecule has 1 aromatic carbocycles. The first-order valence-corrected chi connectivity index (χ1v) is 14.3. The molecule has 12 nitrogen and oxygen atoms in total. The maximum atomic E-state index is 12.8. The molecule has 41 heavy (non-hydrogen) atoms. The Hall–Kier alpha value is -3.80. The van der Waals surface area contributed by atoms with Crippen LogP contribution >= 0.6 is 0 Å². The summed E-state index contributed by atoms with van der Waals surface area (Å²) in [5.41, 5.74) is 7.46. The number of nitrogen functional groups attached to an aromatic ring is 1. The Balaban J connectivity index is 1.03. The van der Waals surface area contributed by atoms with Crippen molar-refractivity contribution < 1.29 is 28.9 Å². The second-order valence-corrected chi connectivity index (χ2v) is 11.9. The molecule has 0 atom stereocenters. The fourth-order valence-electron chi connectivity index (χ4n) is 5.31. The van der Waals surface area contributed by atoms with E-state index in [4.69, 9.17) is 19.9 Å². The second kappa shape index (κ2) is 12.0. The standard InChI is InChI=1S/C29H40N6O6/c1-29(2,3)41-28(38)34-10-8-19(9-11-34)39-20-16-21(17-20)40-27(37)35-14-12-33(13-15-35)24-18-23(31-32-26(24)30)22-6-4-5-7-25(22)36/h4-7,18-21,36H,8-17H2,1-3H3,(H2,30,32). The summed E-state index contributed by atoms with van der Waals surface area (Å²) in [4.78, 5) is 30.6. The van der Waals surface area contributed by atoms with Gasteiger partial charge in [-0.25, -0.2) is 9.59 Å². The maximum Gasteiger partial charge on any atom is 0.410 e. The van der Waals surface area contributed by atoms with Crippen LogP contribution < -0.4 is 10.6 Å². The predicted molar refractivity (Wildman–Crippen MR) is 153 cm³/mol. The SMILES string of the molecule is CC(C)(C)OC(=O)N1CCC(OC2CC(OC(=O)N3CCN(c4cc(-c5ccccc5O)nnc4N)CC3)C2)CC1. The lowest BCUT2D eigenvalue weighted by Crippen LogP contribution is -2.51. The number of ether oxygens (including phenoxy) is 3. The summed E-state index contributed by atoms with van der Waals surface area (Å²) in [7, 11) is 0. The van der Waals surface area contributed by atoms with Crippen LogP contribution in [0.5, 0.6) is 5.75 Å². The molecule has 2 aromatic rings. The Bertz CT molecular complexity index is 1230. The smallest absolute Gasteiger partial charge is 0.410 e. The van der Waals surface area contributed by atoms with Gasteiger partial charge in [-0.1, -0.05) is 12.1 Å². The molecule has 3 fully saturated rings. The van der Waals surface area contributed by atoms with Crippen molar-refractivity contribution in [2.75, 3.05) is 49.9 Å². The normalized spacial score (nSPS) is 21.8. The largest absolute Gasteiger partial charge is 0.507 e. The van der Waals surface area contributed by atoms with Crippen LogP contribution in [0.4, 0.5) is 21.1 Å². The van der Waals surface area contributed by atoms with Gasteiger partial charge in [-0.2, -0.15) is 0 Å². The highest BCUT2D eigenvalue weighted by atomic mass is 16.6. The van der Waals surface area contributed by atoms with E-state index in [1.54, 1.807) is 28.0 Å². The van der Waals surface area contributed by atoms with Crippen LogP contribution in [0.1, 0.15) is 46.5 Å². The fraction of sp³-hybridized carbons (Fsp3) is 0.586. The van der Waals surface area contributed by atoms with Crippen molar-refractivity contribution >= 4 is 23.7 Å². The number of phenols is 1. The molecule has 3 aliphatic rings. The highest BCUT2D eigenvalue weighted by Gasteiger charge is 2.37. The first-order chi connectivity index (χ1) is 19.6. The van der Waals surface area contributed by atoms with E-state index in [0.29, 0.717) is 69.2 Å². The molecule has 3 N–H and O–H groups in total. The Morgan fingerprint density at radius 2 is 1.56 bits per heavy atom. The van der Waals surface area contributed by atoms with E-state index in [2.05, 4.69) is 15.1 Å². The number of hydrogen-bond acceptors (Lipinski definition) is 10. The third kappa shape index (κ3) is 7.10. The summed E-state index contributed by atoms with van der Waals surface area (Å²) in [6.45, 7) is 8.98. The lowest BCUT2D eigenvalue weighted by atomic mass is 9.91. The van der Waals surface area contributed by atoms with Crippen molar-refractivity contribution in [1.82, 2.24) is 20.0 Å². The third-order valence-electron chi connectivity index (χ3n) is 7.66. The molecule has 0 unspecified atom stereocenters. The van der Waals surface area contributed by atoms with Crippen molar-refractivity contribution in [3.63, 3.8) is 0 Å². The van der Waals surface area contributed by atoms with Crippen molar-refractivity contribution in [2.45, 2.75) is 70.4 Å². The maximum absolute atomic E-state index is 12.8. The van der Waals surface area contributed by atoms with E-state index in [-0.39, 0.29) is 36.2 Å². The van der Waals surface area contributed by atoms with Gasteiger partial charge < -0.3 is 39.8 Å². The number of amides is 2. The van der Waals surface area contributed by atoms with Gasteiger partial charge in [-0.05, 0) is 51.8 Å². The molecule has 0 radical (unpaired) electrons. The van der Waals surface area contributed by atoms with Crippen molar-refractivity contribution in [1.29, 1.82) is 0 Å². The highest BCUT2D eigenvalue weighted by molar-refractivity contribution is 5.74. The molecule has 3 heterocycles. The van der Waals surface area contributed by atoms with Gasteiger partial charge in [0.25, 0.3) is 0 Å². The topological polar surface area (TPSA) is 144 Å². The average Bonchev–Trinajstić information content (AvgIpc) is 2.92. The van der Waals surface area contributed by atoms with Crippen LogP contribution in [0, 0.1) is 0 Å². The zero-order valence-corrected chi connectivity index (χ0v) is 24.0. The van der Waals surface area contributed by atoms with Gasteiger partial charge in [0, 0.05) is 57.7 Å². The van der Waals surface area contributed by atoms with E-state index in [1.165, 1.54) is 0 Å². The number of anilines is 2. The molecule has 222 valence electrons. The van der Waals surface area contributed by atoms with E-state index in [1.807, 2.05) is 32.9 Å². The summed E-state index contributed by atoms with van der Waals surface area (Å²) in [5.74, 6) is 0.425. The monoisotopic (exact) mass is 568 g/mol. The van der Waals surface area contributed by atoms with E-state index < -0.39 is 5.60 Å². The Kier molecular flexibility index (Phi) is 8.39. The molecule has 2 saturated heterocycles. The molecule has 0 spiro atoms. The summed E-state index contributed by atoms with van der Waals surface area (Å²) < 4.78 is 17.4. The predicted octanol–water partition coefficient (Wildman–Crippen LogP) is 3.64. The Labute approximate surface area is 240 Å². The number of hydrogen-bond donors (Lipinski definition) is 2. The van der Waals surface area contributed by atoms with Gasteiger partial charge in [0.1, 0.15) is 17.5 Å². The minimum Gasteiger partial charge on any atom is -0.507 e. The van der Waals surface area contributed by atoms with E-state index in [0.717, 1.165) is 18.5 Å². The fourth-order valence-corrected chi connectivity index (χ4v) is 5.31. The number of nitrogens with zero attached hydrogens (tertiary/aromatic N) is 5. The Morgan fingerprint density at radius 1 is 0.902 bits per heavy atom. The van der Waals surface area contributed by atoms with Crippen LogP contribution in [0.3, 0.4) is 0 Å². The molecule has 1 saturated carbocycles. The van der Waals surface area contributed by atoms with Crippen molar-refractivity contribution in [2.24, 2.45) is 0 Å². The number of nitrogens with two attached hydrogens (primary N) is 1. The van der Waals surface area contributed by atoms with Gasteiger partial charge in [-0.15, -0.1) is 10.2 Å². The number of phenolic OH excluding ortho intramolecular Hbond substituents is 1. The highest BCUT2D eigenvalue weighted by Crippen LogP contribution is 2.33. The molecule has 2 aliphatic heterocycles. The number of para-hydroxylation sites is 1. The summed E-state index contributed by atoms with van der Waals surface area (Å²) in [6, 6.07) is 8.77. The van der Waals surface area contributed by atoms with Crippen LogP contribution in [0.25, 0.3) is 11.3 Å². The first kappa shape index (κ1) is 28.7. The van der Waals surface area contributed by atoms with Gasteiger partial charge >= 0.3 is 12.2 Å². The van der Waals surface area contributed by atoms with E-state index >= 15 is 0 Å². The number of carbonyl (C=O) groups excluding carboxylic acids is 2. The van der Waals surface area contributed by atoms with Gasteiger partial charge in [0.15, 0.2) is 5.82 Å². The number of piperazine rings is 1. The van der Waals surface area contributed by atoms with Gasteiger partial charge in [0.05, 0.1) is 23.6 Å². The average molecular weight is 569 g/mol. The minimum absolute atomic E-state index is 0.0723. The molecule has 1 aliphatic carbocycles. The molecule has 12 heteroatoms. The second-order valence-electron chi connectivity index (χ2n) is 11.9. The number of benzene rings is 1. The summed E-state index contributed by atoms with van der Waals surface area (Å²) >= 11 is 0. The number of carbonyl (C=O) groups is 2. The van der Waals surface area contributed by atoms with Crippen LogP contribution in [0.15, 0.2) is 30.3 Å². The first-order valence-electron chi connectivity index (χ1n) is 14.3. The van der Waals surface area contributed by atoms with Crippen molar-refractivity contribution in [3.8, 4) is 17.0 Å². The third-order valence-corrected chi connectivity index (χ3v) is 7.66. The number of likely N-dealkylation sites (tertiary alicyclic amines) is 1. The van der Waals surface area contributed by atoms with E-state index in [9.17, 15) is 14.7 Å². The molecule has 0 bridgehead atoms. The number of aromatic hydroxyl groups is 1. The number of piperidine rings is 1.